The van der Waals surface area contributed by atoms with E-state index >= 15 is 0 Å². The van der Waals surface area contributed by atoms with Crippen LogP contribution in [0.3, 0.4) is 0 Å². The molecule has 2 heterocycles. The molecule has 0 aliphatic heterocycles. The van der Waals surface area contributed by atoms with E-state index in [9.17, 15) is 0 Å². The number of nitrogens with zero attached hydrogens (tertiary/aromatic N) is 2. The number of hydrogen-bond donors (Lipinski definition) is 2. The van der Waals surface area contributed by atoms with E-state index in [4.69, 9.17) is 21.0 Å². The average Bonchev–Trinajstić information content (AvgIpc) is 3.02. The molecule has 0 aliphatic carbocycles. The summed E-state index contributed by atoms with van der Waals surface area (Å²) in [5.74, 6) is 4.25. The summed E-state index contributed by atoms with van der Waals surface area (Å²) in [5, 5.41) is 8.85. The fraction of sp³-hybridized carbons (Fsp3) is 0.176. The lowest BCUT2D eigenvalue weighted by Crippen LogP contribution is -2.03. The highest BCUT2D eigenvalue weighted by Gasteiger charge is 2.12. The lowest BCUT2D eigenvalue weighted by Gasteiger charge is -2.11. The molecule has 2 aromatic heterocycles. The van der Waals surface area contributed by atoms with E-state index in [0.29, 0.717) is 17.3 Å². The summed E-state index contributed by atoms with van der Waals surface area (Å²) in [6, 6.07) is 7.19. The molecule has 0 unspecified atom stereocenters. The number of hydrogen-bond acceptors (Lipinski definition) is 5. The summed E-state index contributed by atoms with van der Waals surface area (Å²) in [6.07, 6.45) is 8.68. The summed E-state index contributed by atoms with van der Waals surface area (Å²) < 4.78 is 11.0. The minimum atomic E-state index is -0.0567. The molecular weight excluding hydrogens is 294 g/mol. The first kappa shape index (κ1) is 14.9. The maximum atomic E-state index is 8.85. The Kier molecular flexibility index (Phi) is 4.41. The number of benzene rings is 1. The standard InChI is InChI=1S/C17H15N3O3/c1-2-8-23-16-10-12(22-9-7-21)3-4-13(16)17-19-14-5-6-18-11-15(14)20-17/h1,3-6,10-11,21H,7-9H2,(H,19,20). The normalized spacial score (nSPS) is 10.4. The molecule has 0 fully saturated rings. The van der Waals surface area contributed by atoms with Crippen molar-refractivity contribution in [3.63, 3.8) is 0 Å². The second kappa shape index (κ2) is 6.81. The molecule has 3 rings (SSSR count). The number of nitrogens with one attached hydrogen (secondary N) is 1. The number of imidazole rings is 1. The van der Waals surface area contributed by atoms with Crippen LogP contribution in [0.25, 0.3) is 22.4 Å². The molecule has 0 saturated carbocycles. The zero-order chi connectivity index (χ0) is 16.1. The van der Waals surface area contributed by atoms with Gasteiger partial charge in [0.1, 0.15) is 30.5 Å². The Balaban J connectivity index is 2.00. The molecule has 0 saturated heterocycles. The molecule has 3 aromatic rings. The van der Waals surface area contributed by atoms with Crippen molar-refractivity contribution in [1.29, 1.82) is 0 Å². The van der Waals surface area contributed by atoms with Crippen LogP contribution in [0.5, 0.6) is 11.5 Å². The number of H-pyrrole nitrogens is 1. The van der Waals surface area contributed by atoms with E-state index < -0.39 is 0 Å². The molecule has 6 nitrogen and oxygen atoms in total. The highest BCUT2D eigenvalue weighted by molar-refractivity contribution is 5.80. The Morgan fingerprint density at radius 1 is 1.26 bits per heavy atom. The summed E-state index contributed by atoms with van der Waals surface area (Å²) in [7, 11) is 0. The van der Waals surface area contributed by atoms with Crippen molar-refractivity contribution in [2.75, 3.05) is 19.8 Å². The fourth-order valence-electron chi connectivity index (χ4n) is 2.17. The van der Waals surface area contributed by atoms with Crippen molar-refractivity contribution < 1.29 is 14.6 Å². The lowest BCUT2D eigenvalue weighted by atomic mass is 10.2. The Labute approximate surface area is 133 Å². The van der Waals surface area contributed by atoms with Gasteiger partial charge in [-0.3, -0.25) is 4.98 Å². The van der Waals surface area contributed by atoms with Gasteiger partial charge in [-0.15, -0.1) is 6.42 Å². The quantitative estimate of drug-likeness (QED) is 0.681. The summed E-state index contributed by atoms with van der Waals surface area (Å²) in [6.45, 7) is 0.293. The van der Waals surface area contributed by atoms with Gasteiger partial charge in [0.25, 0.3) is 0 Å². The maximum Gasteiger partial charge on any atom is 0.148 e. The van der Waals surface area contributed by atoms with Crippen LogP contribution in [0.4, 0.5) is 0 Å². The van der Waals surface area contributed by atoms with Crippen molar-refractivity contribution in [1.82, 2.24) is 15.0 Å². The van der Waals surface area contributed by atoms with E-state index in [1.165, 1.54) is 0 Å². The Bertz CT molecular complexity index is 819. The maximum absolute atomic E-state index is 8.85. The van der Waals surface area contributed by atoms with Gasteiger partial charge in [0.15, 0.2) is 0 Å². The lowest BCUT2D eigenvalue weighted by molar-refractivity contribution is 0.201. The van der Waals surface area contributed by atoms with Crippen LogP contribution in [0, 0.1) is 12.3 Å². The van der Waals surface area contributed by atoms with Gasteiger partial charge in [0, 0.05) is 12.3 Å². The van der Waals surface area contributed by atoms with Crippen molar-refractivity contribution in [2.24, 2.45) is 0 Å². The first-order valence-corrected chi connectivity index (χ1v) is 7.06. The van der Waals surface area contributed by atoms with Crippen LogP contribution in [0.1, 0.15) is 0 Å². The number of aromatic amines is 1. The monoisotopic (exact) mass is 309 g/mol. The molecule has 0 bridgehead atoms. The first-order chi connectivity index (χ1) is 11.3. The molecule has 6 heteroatoms. The van der Waals surface area contributed by atoms with Crippen molar-refractivity contribution >= 4 is 11.0 Å². The van der Waals surface area contributed by atoms with E-state index in [1.807, 2.05) is 12.1 Å². The average molecular weight is 309 g/mol. The molecule has 2 N–H and O–H groups in total. The predicted octanol–water partition coefficient (Wildman–Crippen LogP) is 2.01. The van der Waals surface area contributed by atoms with Gasteiger partial charge in [0.05, 0.1) is 29.4 Å². The van der Waals surface area contributed by atoms with E-state index in [-0.39, 0.29) is 19.8 Å². The van der Waals surface area contributed by atoms with Crippen LogP contribution in [-0.4, -0.2) is 39.9 Å². The number of ether oxygens (including phenoxy) is 2. The largest absolute Gasteiger partial charge is 0.491 e. The molecule has 0 atom stereocenters. The number of terminal acetylenes is 1. The van der Waals surface area contributed by atoms with E-state index in [2.05, 4.69) is 20.9 Å². The molecule has 0 aliphatic rings. The second-order valence-corrected chi connectivity index (χ2v) is 4.70. The number of aliphatic hydroxyl groups excluding tert-OH is 1. The molecule has 1 aromatic carbocycles. The minimum Gasteiger partial charge on any atom is -0.491 e. The second-order valence-electron chi connectivity index (χ2n) is 4.70. The molecule has 23 heavy (non-hydrogen) atoms. The molecule has 0 amide bonds. The molecular formula is C17H15N3O3. The van der Waals surface area contributed by atoms with Crippen LogP contribution in [0.15, 0.2) is 36.7 Å². The summed E-state index contributed by atoms with van der Waals surface area (Å²) in [4.78, 5) is 11.8. The molecule has 116 valence electrons. The van der Waals surface area contributed by atoms with Gasteiger partial charge >= 0.3 is 0 Å². The van der Waals surface area contributed by atoms with Crippen LogP contribution < -0.4 is 9.47 Å². The van der Waals surface area contributed by atoms with Crippen molar-refractivity contribution in [2.45, 2.75) is 0 Å². The molecule has 0 spiro atoms. The Morgan fingerprint density at radius 3 is 2.96 bits per heavy atom. The van der Waals surface area contributed by atoms with Gasteiger partial charge in [-0.25, -0.2) is 4.98 Å². The number of aliphatic hydroxyl groups is 1. The van der Waals surface area contributed by atoms with Gasteiger partial charge in [-0.1, -0.05) is 5.92 Å². The number of pyridine rings is 1. The zero-order valence-corrected chi connectivity index (χ0v) is 12.3. The van der Waals surface area contributed by atoms with E-state index in [0.717, 1.165) is 16.6 Å². The summed E-state index contributed by atoms with van der Waals surface area (Å²) >= 11 is 0. The third-order valence-corrected chi connectivity index (χ3v) is 3.16. The van der Waals surface area contributed by atoms with Crippen molar-refractivity contribution in [3.05, 3.63) is 36.7 Å². The highest BCUT2D eigenvalue weighted by atomic mass is 16.5. The predicted molar refractivity (Wildman–Crippen MR) is 86.2 cm³/mol. The zero-order valence-electron chi connectivity index (χ0n) is 12.3. The minimum absolute atomic E-state index is 0.0567. The van der Waals surface area contributed by atoms with Gasteiger partial charge < -0.3 is 19.6 Å². The van der Waals surface area contributed by atoms with Gasteiger partial charge in [-0.2, -0.15) is 0 Å². The Morgan fingerprint density at radius 2 is 2.17 bits per heavy atom. The Hall–Kier alpha value is -3.04. The summed E-state index contributed by atoms with van der Waals surface area (Å²) in [5.41, 5.74) is 2.43. The topological polar surface area (TPSA) is 80.3 Å². The smallest absolute Gasteiger partial charge is 0.148 e. The first-order valence-electron chi connectivity index (χ1n) is 7.06. The van der Waals surface area contributed by atoms with Gasteiger partial charge in [0.2, 0.25) is 0 Å². The van der Waals surface area contributed by atoms with Crippen molar-refractivity contribution in [3.8, 4) is 35.2 Å². The van der Waals surface area contributed by atoms with E-state index in [1.54, 1.807) is 24.5 Å². The molecule has 0 radical (unpaired) electrons. The van der Waals surface area contributed by atoms with Crippen LogP contribution in [-0.2, 0) is 0 Å². The third kappa shape index (κ3) is 3.25. The highest BCUT2D eigenvalue weighted by Crippen LogP contribution is 2.33. The number of fused-ring (bicyclic) bond motifs is 1. The third-order valence-electron chi connectivity index (χ3n) is 3.16. The SMILES string of the molecule is C#CCOc1cc(OCCO)ccc1-c1nc2ccncc2[nH]1. The van der Waals surface area contributed by atoms with Gasteiger partial charge in [-0.05, 0) is 18.2 Å². The number of aromatic nitrogens is 3. The fourth-order valence-corrected chi connectivity index (χ4v) is 2.17. The van der Waals surface area contributed by atoms with Crippen LogP contribution >= 0.6 is 0 Å². The number of rotatable bonds is 6. The van der Waals surface area contributed by atoms with Crippen LogP contribution in [0.2, 0.25) is 0 Å².